The highest BCUT2D eigenvalue weighted by Gasteiger charge is 2.25. The summed E-state index contributed by atoms with van der Waals surface area (Å²) in [5.74, 6) is 1.11. The Hall–Kier alpha value is -1.89. The molecule has 1 aliphatic carbocycles. The molecule has 0 unspecified atom stereocenters. The maximum absolute atomic E-state index is 5.78. The van der Waals surface area contributed by atoms with Gasteiger partial charge in [0.15, 0.2) is 5.65 Å². The van der Waals surface area contributed by atoms with Crippen LogP contribution in [0.1, 0.15) is 12.8 Å². The molecular formula is C12H18N6O. The van der Waals surface area contributed by atoms with E-state index in [9.17, 15) is 0 Å². The van der Waals surface area contributed by atoms with Crippen LogP contribution in [0.5, 0.6) is 5.88 Å². The Balaban J connectivity index is 1.70. The zero-order valence-corrected chi connectivity index (χ0v) is 11.2. The van der Waals surface area contributed by atoms with E-state index in [1.54, 1.807) is 13.2 Å². The highest BCUT2D eigenvalue weighted by molar-refractivity contribution is 5.80. The van der Waals surface area contributed by atoms with Crippen molar-refractivity contribution in [3.63, 3.8) is 0 Å². The molecule has 1 aliphatic rings. The zero-order valence-electron chi connectivity index (χ0n) is 11.2. The van der Waals surface area contributed by atoms with Crippen molar-refractivity contribution >= 4 is 17.0 Å². The van der Waals surface area contributed by atoms with Gasteiger partial charge in [0, 0.05) is 19.6 Å². The Morgan fingerprint density at radius 3 is 3.05 bits per heavy atom. The molecule has 102 valence electrons. The number of fused-ring (bicyclic) bond motifs is 1. The standard InChI is InChI=1S/C12H18N6O/c1-13-12-15-10-9(7-14-17-10)11(16-12)19-6-5-18(2)8-3-4-8/h7-8H,3-6H2,1-2H3,(H2,13,14,15,16,17). The Labute approximate surface area is 111 Å². The normalized spacial score (nSPS) is 15.1. The lowest BCUT2D eigenvalue weighted by Gasteiger charge is -2.15. The number of hydrogen-bond donors (Lipinski definition) is 2. The van der Waals surface area contributed by atoms with E-state index in [4.69, 9.17) is 4.74 Å². The molecule has 1 saturated carbocycles. The molecule has 2 aromatic heterocycles. The first-order valence-corrected chi connectivity index (χ1v) is 6.50. The summed E-state index contributed by atoms with van der Waals surface area (Å²) in [6.45, 7) is 1.52. The van der Waals surface area contributed by atoms with E-state index in [1.807, 2.05) is 0 Å². The van der Waals surface area contributed by atoms with E-state index in [0.717, 1.165) is 18.0 Å². The average Bonchev–Trinajstić information content (AvgIpc) is 3.16. The third-order valence-corrected chi connectivity index (χ3v) is 3.35. The minimum absolute atomic E-state index is 0.530. The first-order valence-electron chi connectivity index (χ1n) is 6.50. The fourth-order valence-electron chi connectivity index (χ4n) is 2.01. The number of nitrogens with zero attached hydrogens (tertiary/aromatic N) is 4. The molecule has 0 aliphatic heterocycles. The van der Waals surface area contributed by atoms with Crippen LogP contribution in [-0.4, -0.2) is 58.4 Å². The number of ether oxygens (including phenoxy) is 1. The Bertz CT molecular complexity index is 564. The molecule has 0 saturated heterocycles. The Kier molecular flexibility index (Phi) is 3.20. The van der Waals surface area contributed by atoms with Gasteiger partial charge >= 0.3 is 0 Å². The van der Waals surface area contributed by atoms with Gasteiger partial charge in [-0.15, -0.1) is 0 Å². The number of aromatic amines is 1. The lowest BCUT2D eigenvalue weighted by Crippen LogP contribution is -2.26. The number of H-pyrrole nitrogens is 1. The summed E-state index contributed by atoms with van der Waals surface area (Å²) in [5.41, 5.74) is 0.685. The van der Waals surface area contributed by atoms with Gasteiger partial charge in [-0.2, -0.15) is 15.1 Å². The molecular weight excluding hydrogens is 244 g/mol. The van der Waals surface area contributed by atoms with Crippen LogP contribution in [0, 0.1) is 0 Å². The van der Waals surface area contributed by atoms with Crippen molar-refractivity contribution in [2.75, 3.05) is 32.6 Å². The molecule has 0 atom stereocenters. The second-order valence-corrected chi connectivity index (χ2v) is 4.79. The van der Waals surface area contributed by atoms with Crippen LogP contribution in [0.15, 0.2) is 6.20 Å². The van der Waals surface area contributed by atoms with Crippen molar-refractivity contribution in [2.24, 2.45) is 0 Å². The predicted molar refractivity (Wildman–Crippen MR) is 72.4 cm³/mol. The summed E-state index contributed by atoms with van der Waals surface area (Å²) in [6.07, 6.45) is 4.30. The molecule has 19 heavy (non-hydrogen) atoms. The number of hydrogen-bond acceptors (Lipinski definition) is 6. The van der Waals surface area contributed by atoms with Crippen molar-refractivity contribution < 1.29 is 4.74 Å². The Morgan fingerprint density at radius 2 is 2.32 bits per heavy atom. The van der Waals surface area contributed by atoms with E-state index < -0.39 is 0 Å². The second kappa shape index (κ2) is 5.00. The third kappa shape index (κ3) is 2.60. The highest BCUT2D eigenvalue weighted by atomic mass is 16.5. The monoisotopic (exact) mass is 262 g/mol. The minimum atomic E-state index is 0.530. The fourth-order valence-corrected chi connectivity index (χ4v) is 2.01. The Morgan fingerprint density at radius 1 is 1.47 bits per heavy atom. The fraction of sp³-hybridized carbons (Fsp3) is 0.583. The summed E-state index contributed by atoms with van der Waals surface area (Å²) in [6, 6.07) is 0.746. The first kappa shape index (κ1) is 12.2. The number of aromatic nitrogens is 4. The van der Waals surface area contributed by atoms with Crippen LogP contribution in [0.4, 0.5) is 5.95 Å². The van der Waals surface area contributed by atoms with Crippen LogP contribution < -0.4 is 10.1 Å². The van der Waals surface area contributed by atoms with Gasteiger partial charge in [-0.25, -0.2) is 0 Å². The molecule has 0 aromatic carbocycles. The van der Waals surface area contributed by atoms with Gasteiger partial charge in [0.05, 0.1) is 6.20 Å². The SMILES string of the molecule is CNc1nc(OCCN(C)C2CC2)c2cn[nH]c2n1. The van der Waals surface area contributed by atoms with Crippen molar-refractivity contribution in [2.45, 2.75) is 18.9 Å². The van der Waals surface area contributed by atoms with Gasteiger partial charge in [0.25, 0.3) is 0 Å². The van der Waals surface area contributed by atoms with Gasteiger partial charge < -0.3 is 15.0 Å². The van der Waals surface area contributed by atoms with Crippen LogP contribution in [0.25, 0.3) is 11.0 Å². The van der Waals surface area contributed by atoms with Crippen LogP contribution >= 0.6 is 0 Å². The number of anilines is 1. The summed E-state index contributed by atoms with van der Waals surface area (Å²) in [7, 11) is 3.91. The van der Waals surface area contributed by atoms with Crippen LogP contribution in [0.2, 0.25) is 0 Å². The lowest BCUT2D eigenvalue weighted by molar-refractivity contribution is 0.228. The van der Waals surface area contributed by atoms with Gasteiger partial charge in [0.1, 0.15) is 12.0 Å². The van der Waals surface area contributed by atoms with E-state index in [0.29, 0.717) is 24.1 Å². The maximum Gasteiger partial charge on any atom is 0.229 e. The highest BCUT2D eigenvalue weighted by Crippen LogP contribution is 2.25. The molecule has 3 rings (SSSR count). The van der Waals surface area contributed by atoms with Gasteiger partial charge in [-0.05, 0) is 19.9 Å². The minimum Gasteiger partial charge on any atom is -0.476 e. The van der Waals surface area contributed by atoms with Crippen molar-refractivity contribution in [1.29, 1.82) is 0 Å². The quantitative estimate of drug-likeness (QED) is 0.804. The average molecular weight is 262 g/mol. The van der Waals surface area contributed by atoms with E-state index >= 15 is 0 Å². The van der Waals surface area contributed by atoms with E-state index in [1.165, 1.54) is 12.8 Å². The summed E-state index contributed by atoms with van der Waals surface area (Å²) in [5, 5.41) is 10.5. The summed E-state index contributed by atoms with van der Waals surface area (Å²) >= 11 is 0. The van der Waals surface area contributed by atoms with Gasteiger partial charge in [-0.3, -0.25) is 5.10 Å². The molecule has 2 aromatic rings. The molecule has 0 spiro atoms. The lowest BCUT2D eigenvalue weighted by atomic mass is 10.4. The first-order chi connectivity index (χ1) is 9.28. The zero-order chi connectivity index (χ0) is 13.2. The predicted octanol–water partition coefficient (Wildman–Crippen LogP) is 0.868. The molecule has 7 heteroatoms. The third-order valence-electron chi connectivity index (χ3n) is 3.35. The summed E-state index contributed by atoms with van der Waals surface area (Å²) in [4.78, 5) is 10.9. The maximum atomic E-state index is 5.78. The van der Waals surface area contributed by atoms with Crippen LogP contribution in [-0.2, 0) is 0 Å². The van der Waals surface area contributed by atoms with Crippen molar-refractivity contribution in [3.05, 3.63) is 6.20 Å². The topological polar surface area (TPSA) is 79.0 Å². The molecule has 7 nitrogen and oxygen atoms in total. The van der Waals surface area contributed by atoms with Crippen molar-refractivity contribution in [3.8, 4) is 5.88 Å². The van der Waals surface area contributed by atoms with Crippen LogP contribution in [0.3, 0.4) is 0 Å². The molecule has 2 N–H and O–H groups in total. The summed E-state index contributed by atoms with van der Waals surface area (Å²) < 4.78 is 5.78. The van der Waals surface area contributed by atoms with Crippen molar-refractivity contribution in [1.82, 2.24) is 25.1 Å². The number of nitrogens with one attached hydrogen (secondary N) is 2. The number of likely N-dealkylation sites (N-methyl/N-ethyl adjacent to an activating group) is 1. The largest absolute Gasteiger partial charge is 0.476 e. The smallest absolute Gasteiger partial charge is 0.229 e. The molecule has 0 radical (unpaired) electrons. The molecule has 0 bridgehead atoms. The van der Waals surface area contributed by atoms with Gasteiger partial charge in [0.2, 0.25) is 11.8 Å². The number of rotatable bonds is 6. The van der Waals surface area contributed by atoms with Gasteiger partial charge in [-0.1, -0.05) is 0 Å². The molecule has 2 heterocycles. The second-order valence-electron chi connectivity index (χ2n) is 4.79. The van der Waals surface area contributed by atoms with E-state index in [2.05, 4.69) is 37.4 Å². The molecule has 1 fully saturated rings. The molecule has 0 amide bonds. The van der Waals surface area contributed by atoms with E-state index in [-0.39, 0.29) is 0 Å².